The van der Waals surface area contributed by atoms with Crippen LogP contribution in [0.4, 0.5) is 21.7 Å². The van der Waals surface area contributed by atoms with Crippen LogP contribution in [0.3, 0.4) is 0 Å². The monoisotopic (exact) mass is 247 g/mol. The summed E-state index contributed by atoms with van der Waals surface area (Å²) < 4.78 is 12.9. The number of nitrogen functional groups attached to an aromatic ring is 1. The summed E-state index contributed by atoms with van der Waals surface area (Å²) in [6, 6.07) is 6.19. The summed E-state index contributed by atoms with van der Waals surface area (Å²) in [5.74, 6) is 6.38. The average molecular weight is 247 g/mol. The standard InChI is InChI=1S/C12H14FN5/c1-8-11(17-14)15-7-16-12(8)18(2)10-5-3-9(13)4-6-10/h3-7H,14H2,1-2H3,(H,15,16,17). The minimum atomic E-state index is -0.268. The van der Waals surface area contributed by atoms with E-state index in [1.165, 1.54) is 18.5 Å². The van der Waals surface area contributed by atoms with Crippen LogP contribution in [0.2, 0.25) is 0 Å². The average Bonchev–Trinajstić information content (AvgIpc) is 2.39. The van der Waals surface area contributed by atoms with Gasteiger partial charge < -0.3 is 10.3 Å². The van der Waals surface area contributed by atoms with Crippen molar-refractivity contribution in [2.45, 2.75) is 6.92 Å². The van der Waals surface area contributed by atoms with Gasteiger partial charge in [-0.25, -0.2) is 20.2 Å². The highest BCUT2D eigenvalue weighted by Gasteiger charge is 2.11. The molecule has 1 heterocycles. The van der Waals surface area contributed by atoms with E-state index in [1.807, 2.05) is 18.9 Å². The summed E-state index contributed by atoms with van der Waals surface area (Å²) in [7, 11) is 1.85. The van der Waals surface area contributed by atoms with Crippen molar-refractivity contribution in [3.8, 4) is 0 Å². The van der Waals surface area contributed by atoms with Crippen molar-refractivity contribution in [2.75, 3.05) is 17.4 Å². The molecule has 0 bridgehead atoms. The zero-order valence-corrected chi connectivity index (χ0v) is 10.2. The predicted molar refractivity (Wildman–Crippen MR) is 69.0 cm³/mol. The van der Waals surface area contributed by atoms with Gasteiger partial charge >= 0.3 is 0 Å². The van der Waals surface area contributed by atoms with Gasteiger partial charge in [0.25, 0.3) is 0 Å². The van der Waals surface area contributed by atoms with E-state index in [9.17, 15) is 4.39 Å². The van der Waals surface area contributed by atoms with Gasteiger partial charge in [0.15, 0.2) is 0 Å². The van der Waals surface area contributed by atoms with E-state index in [0.717, 1.165) is 11.3 Å². The second-order valence-electron chi connectivity index (χ2n) is 3.85. The lowest BCUT2D eigenvalue weighted by Crippen LogP contribution is -2.16. The molecule has 0 aliphatic rings. The molecule has 6 heteroatoms. The van der Waals surface area contributed by atoms with E-state index in [4.69, 9.17) is 5.84 Å². The third-order valence-electron chi connectivity index (χ3n) is 2.73. The maximum absolute atomic E-state index is 12.9. The first-order valence-electron chi connectivity index (χ1n) is 5.41. The molecule has 1 aromatic heterocycles. The first-order chi connectivity index (χ1) is 8.63. The van der Waals surface area contributed by atoms with Crippen LogP contribution in [0.25, 0.3) is 0 Å². The van der Waals surface area contributed by atoms with Crippen molar-refractivity contribution >= 4 is 17.3 Å². The van der Waals surface area contributed by atoms with Gasteiger partial charge in [0, 0.05) is 18.3 Å². The number of nitrogens with one attached hydrogen (secondary N) is 1. The maximum atomic E-state index is 12.9. The molecule has 0 unspecified atom stereocenters. The molecule has 0 amide bonds. The lowest BCUT2D eigenvalue weighted by molar-refractivity contribution is 0.628. The molecule has 0 saturated heterocycles. The van der Waals surface area contributed by atoms with E-state index in [0.29, 0.717) is 11.6 Å². The molecular formula is C12H14FN5. The smallest absolute Gasteiger partial charge is 0.148 e. The van der Waals surface area contributed by atoms with Gasteiger partial charge in [-0.1, -0.05) is 0 Å². The molecule has 0 aliphatic heterocycles. The van der Waals surface area contributed by atoms with Crippen LogP contribution in [0.1, 0.15) is 5.56 Å². The van der Waals surface area contributed by atoms with E-state index < -0.39 is 0 Å². The molecule has 18 heavy (non-hydrogen) atoms. The van der Waals surface area contributed by atoms with E-state index in [2.05, 4.69) is 15.4 Å². The number of nitrogens with zero attached hydrogens (tertiary/aromatic N) is 3. The van der Waals surface area contributed by atoms with E-state index in [-0.39, 0.29) is 5.82 Å². The SMILES string of the molecule is Cc1c(NN)ncnc1N(C)c1ccc(F)cc1. The molecule has 5 nitrogen and oxygen atoms in total. The number of rotatable bonds is 3. The Morgan fingerprint density at radius 2 is 1.89 bits per heavy atom. The minimum Gasteiger partial charge on any atom is -0.329 e. The van der Waals surface area contributed by atoms with E-state index >= 15 is 0 Å². The molecule has 2 aromatic rings. The number of hydrogen-bond donors (Lipinski definition) is 2. The van der Waals surface area contributed by atoms with Crippen LogP contribution in [0.15, 0.2) is 30.6 Å². The van der Waals surface area contributed by atoms with Crippen LogP contribution in [-0.4, -0.2) is 17.0 Å². The fourth-order valence-electron chi connectivity index (χ4n) is 1.71. The highest BCUT2D eigenvalue weighted by atomic mass is 19.1. The molecule has 1 aromatic carbocycles. The quantitative estimate of drug-likeness (QED) is 0.641. The Balaban J connectivity index is 2.39. The number of hydrogen-bond acceptors (Lipinski definition) is 5. The first kappa shape index (κ1) is 12.3. The third kappa shape index (κ3) is 2.23. The zero-order chi connectivity index (χ0) is 13.1. The van der Waals surface area contributed by atoms with Crippen LogP contribution >= 0.6 is 0 Å². The second-order valence-corrected chi connectivity index (χ2v) is 3.85. The zero-order valence-electron chi connectivity index (χ0n) is 10.2. The number of aromatic nitrogens is 2. The summed E-state index contributed by atoms with van der Waals surface area (Å²) in [6.45, 7) is 1.87. The molecule has 0 radical (unpaired) electrons. The second kappa shape index (κ2) is 4.97. The summed E-state index contributed by atoms with van der Waals surface area (Å²) in [5, 5.41) is 0. The molecule has 0 saturated carbocycles. The summed E-state index contributed by atoms with van der Waals surface area (Å²) >= 11 is 0. The highest BCUT2D eigenvalue weighted by Crippen LogP contribution is 2.27. The lowest BCUT2D eigenvalue weighted by Gasteiger charge is -2.20. The van der Waals surface area contributed by atoms with Crippen LogP contribution in [0, 0.1) is 12.7 Å². The number of halogens is 1. The predicted octanol–water partition coefficient (Wildman–Crippen LogP) is 1.98. The topological polar surface area (TPSA) is 67.1 Å². The van der Waals surface area contributed by atoms with Gasteiger partial charge in [0.1, 0.15) is 23.8 Å². The Morgan fingerprint density at radius 1 is 1.22 bits per heavy atom. The van der Waals surface area contributed by atoms with Crippen molar-refractivity contribution in [3.05, 3.63) is 42.0 Å². The number of anilines is 3. The summed E-state index contributed by atoms with van der Waals surface area (Å²) in [5.41, 5.74) is 4.17. The van der Waals surface area contributed by atoms with Crippen molar-refractivity contribution in [2.24, 2.45) is 5.84 Å². The Morgan fingerprint density at radius 3 is 2.50 bits per heavy atom. The van der Waals surface area contributed by atoms with Crippen molar-refractivity contribution in [1.82, 2.24) is 9.97 Å². The van der Waals surface area contributed by atoms with Crippen molar-refractivity contribution in [3.63, 3.8) is 0 Å². The number of benzene rings is 1. The fraction of sp³-hybridized carbons (Fsp3) is 0.167. The summed E-state index contributed by atoms with van der Waals surface area (Å²) in [4.78, 5) is 10.1. The van der Waals surface area contributed by atoms with Gasteiger partial charge in [-0.3, -0.25) is 0 Å². The van der Waals surface area contributed by atoms with Gasteiger partial charge in [-0.2, -0.15) is 0 Å². The number of hydrazine groups is 1. The largest absolute Gasteiger partial charge is 0.329 e. The van der Waals surface area contributed by atoms with Gasteiger partial charge in [0.05, 0.1) is 0 Å². The molecule has 0 atom stereocenters. The van der Waals surface area contributed by atoms with E-state index in [1.54, 1.807) is 12.1 Å². The maximum Gasteiger partial charge on any atom is 0.148 e. The Kier molecular flexibility index (Phi) is 3.38. The molecule has 2 rings (SSSR count). The van der Waals surface area contributed by atoms with Crippen LogP contribution in [0.5, 0.6) is 0 Å². The van der Waals surface area contributed by atoms with Gasteiger partial charge in [0.2, 0.25) is 0 Å². The van der Waals surface area contributed by atoms with Crippen molar-refractivity contribution in [1.29, 1.82) is 0 Å². The Labute approximate surface area is 104 Å². The molecule has 0 aliphatic carbocycles. The molecule has 94 valence electrons. The fourth-order valence-corrected chi connectivity index (χ4v) is 1.71. The highest BCUT2D eigenvalue weighted by molar-refractivity contribution is 5.66. The molecule has 0 fully saturated rings. The Bertz CT molecular complexity index is 541. The first-order valence-corrected chi connectivity index (χ1v) is 5.41. The lowest BCUT2D eigenvalue weighted by atomic mass is 10.2. The van der Waals surface area contributed by atoms with Gasteiger partial charge in [-0.05, 0) is 31.2 Å². The molecule has 0 spiro atoms. The normalized spacial score (nSPS) is 10.2. The van der Waals surface area contributed by atoms with Crippen molar-refractivity contribution < 1.29 is 4.39 Å². The van der Waals surface area contributed by atoms with Crippen LogP contribution < -0.4 is 16.2 Å². The molecule has 3 N–H and O–H groups in total. The number of nitrogens with two attached hydrogens (primary N) is 1. The minimum absolute atomic E-state index is 0.268. The summed E-state index contributed by atoms with van der Waals surface area (Å²) in [6.07, 6.45) is 1.43. The van der Waals surface area contributed by atoms with Gasteiger partial charge in [-0.15, -0.1) is 0 Å². The Hall–Kier alpha value is -2.21. The van der Waals surface area contributed by atoms with Crippen LogP contribution in [-0.2, 0) is 0 Å². The third-order valence-corrected chi connectivity index (χ3v) is 2.73. The molecular weight excluding hydrogens is 233 g/mol.